The van der Waals surface area contributed by atoms with Gasteiger partial charge in [-0.1, -0.05) is 29.8 Å². The number of hydrogen-bond donors (Lipinski definition) is 2. The fourth-order valence-corrected chi connectivity index (χ4v) is 2.29. The third-order valence-corrected chi connectivity index (χ3v) is 3.62. The Balaban J connectivity index is 0.000000321. The van der Waals surface area contributed by atoms with Crippen molar-refractivity contribution < 1.29 is 27.8 Å². The molecular formula is C18H14ClF3N2O3. The number of aromatic nitrogens is 1. The Bertz CT molecular complexity index is 943. The molecule has 0 aliphatic rings. The Morgan fingerprint density at radius 3 is 2.48 bits per heavy atom. The van der Waals surface area contributed by atoms with E-state index in [0.29, 0.717) is 10.8 Å². The van der Waals surface area contributed by atoms with Gasteiger partial charge in [0.05, 0.1) is 23.3 Å². The molecule has 1 aromatic heterocycles. The number of pyridine rings is 1. The van der Waals surface area contributed by atoms with Crippen LogP contribution in [0.3, 0.4) is 0 Å². The summed E-state index contributed by atoms with van der Waals surface area (Å²) in [6.45, 7) is 0. The van der Waals surface area contributed by atoms with E-state index in [1.165, 1.54) is 0 Å². The Kier molecular flexibility index (Phi) is 6.46. The van der Waals surface area contributed by atoms with Crippen LogP contribution in [0.2, 0.25) is 5.02 Å². The van der Waals surface area contributed by atoms with Crippen LogP contribution < -0.4 is 10.1 Å². The molecule has 9 heteroatoms. The van der Waals surface area contributed by atoms with Crippen molar-refractivity contribution in [1.82, 2.24) is 4.98 Å². The van der Waals surface area contributed by atoms with Crippen molar-refractivity contribution in [3.63, 3.8) is 0 Å². The largest absolute Gasteiger partial charge is 0.495 e. The van der Waals surface area contributed by atoms with Crippen molar-refractivity contribution >= 4 is 39.8 Å². The summed E-state index contributed by atoms with van der Waals surface area (Å²) in [5, 5.41) is 12.2. The first-order chi connectivity index (χ1) is 12.7. The molecule has 3 rings (SSSR count). The third kappa shape index (κ3) is 5.49. The summed E-state index contributed by atoms with van der Waals surface area (Å²) in [6.07, 6.45) is -3.30. The number of para-hydroxylation sites is 1. The first kappa shape index (κ1) is 20.3. The second-order valence-corrected chi connectivity index (χ2v) is 5.57. The quantitative estimate of drug-likeness (QED) is 0.628. The number of rotatable bonds is 3. The number of hydrogen-bond acceptors (Lipinski definition) is 4. The van der Waals surface area contributed by atoms with Crippen LogP contribution in [0.4, 0.5) is 24.5 Å². The number of halogens is 4. The van der Waals surface area contributed by atoms with Gasteiger partial charge in [0, 0.05) is 23.3 Å². The summed E-state index contributed by atoms with van der Waals surface area (Å²) in [4.78, 5) is 13.3. The number of carboxylic acid groups (broad SMARTS) is 1. The number of nitrogens with zero attached hydrogens (tertiary/aromatic N) is 1. The van der Waals surface area contributed by atoms with Gasteiger partial charge in [-0.3, -0.25) is 4.98 Å². The Hall–Kier alpha value is -3.00. The molecule has 0 aliphatic heterocycles. The molecule has 0 spiro atoms. The second-order valence-electron chi connectivity index (χ2n) is 5.16. The minimum absolute atomic E-state index is 0.592. The minimum atomic E-state index is -5.08. The van der Waals surface area contributed by atoms with E-state index in [4.69, 9.17) is 26.2 Å². The molecule has 1 heterocycles. The van der Waals surface area contributed by atoms with E-state index in [9.17, 15) is 13.2 Å². The lowest BCUT2D eigenvalue weighted by Crippen LogP contribution is -2.21. The molecule has 0 atom stereocenters. The monoisotopic (exact) mass is 398 g/mol. The number of carbonyl (C=O) groups is 1. The molecule has 0 aliphatic carbocycles. The van der Waals surface area contributed by atoms with Crippen molar-refractivity contribution in [2.75, 3.05) is 12.4 Å². The molecule has 3 aromatic rings. The highest BCUT2D eigenvalue weighted by Gasteiger charge is 2.38. The molecule has 0 radical (unpaired) electrons. The summed E-state index contributed by atoms with van der Waals surface area (Å²) in [7, 11) is 1.60. The van der Waals surface area contributed by atoms with Gasteiger partial charge in [0.1, 0.15) is 5.75 Å². The maximum absolute atomic E-state index is 10.6. The predicted octanol–water partition coefficient (Wildman–Crippen LogP) is 5.27. The standard InChI is InChI=1S/C16H13ClN2O.C2HF3O2/c1-20-15-10-12(7-8-13(15)17)19-14-6-2-4-11-5-3-9-18-16(11)14;3-2(4,5)1(6)7/h2-10,19H,1H3;(H,6,7). The van der Waals surface area contributed by atoms with Gasteiger partial charge < -0.3 is 15.2 Å². The average molecular weight is 399 g/mol. The first-order valence-electron chi connectivity index (χ1n) is 7.47. The van der Waals surface area contributed by atoms with Crippen LogP contribution in [0, 0.1) is 0 Å². The van der Waals surface area contributed by atoms with Crippen LogP contribution in [0.25, 0.3) is 10.9 Å². The number of anilines is 2. The molecule has 5 nitrogen and oxygen atoms in total. The van der Waals surface area contributed by atoms with Crippen LogP contribution in [-0.4, -0.2) is 29.3 Å². The lowest BCUT2D eigenvalue weighted by molar-refractivity contribution is -0.192. The molecule has 27 heavy (non-hydrogen) atoms. The van der Waals surface area contributed by atoms with Gasteiger partial charge in [-0.25, -0.2) is 4.79 Å². The fourth-order valence-electron chi connectivity index (χ4n) is 2.10. The third-order valence-electron chi connectivity index (χ3n) is 3.31. The number of benzene rings is 2. The maximum Gasteiger partial charge on any atom is 0.490 e. The van der Waals surface area contributed by atoms with Crippen molar-refractivity contribution in [2.45, 2.75) is 6.18 Å². The van der Waals surface area contributed by atoms with Crippen molar-refractivity contribution in [3.05, 3.63) is 59.8 Å². The Morgan fingerprint density at radius 2 is 1.85 bits per heavy atom. The van der Waals surface area contributed by atoms with Gasteiger partial charge in [-0.05, 0) is 24.3 Å². The van der Waals surface area contributed by atoms with Gasteiger partial charge in [0.2, 0.25) is 0 Å². The normalized spacial score (nSPS) is 10.7. The number of fused-ring (bicyclic) bond motifs is 1. The van der Waals surface area contributed by atoms with E-state index in [1.54, 1.807) is 19.4 Å². The molecule has 0 unspecified atom stereocenters. The molecule has 0 saturated heterocycles. The van der Waals surface area contributed by atoms with Crippen LogP contribution in [0.15, 0.2) is 54.7 Å². The van der Waals surface area contributed by atoms with Crippen LogP contribution in [-0.2, 0) is 4.79 Å². The SMILES string of the molecule is COc1cc(Nc2cccc3cccnc23)ccc1Cl.O=C(O)C(F)(F)F. The summed E-state index contributed by atoms with van der Waals surface area (Å²) in [6, 6.07) is 15.6. The predicted molar refractivity (Wildman–Crippen MR) is 96.7 cm³/mol. The second kappa shape index (κ2) is 8.59. The number of methoxy groups -OCH3 is 1. The lowest BCUT2D eigenvalue weighted by atomic mass is 10.2. The summed E-state index contributed by atoms with van der Waals surface area (Å²) < 4.78 is 37.0. The minimum Gasteiger partial charge on any atom is -0.495 e. The number of nitrogens with one attached hydrogen (secondary N) is 1. The highest BCUT2D eigenvalue weighted by Crippen LogP contribution is 2.30. The molecule has 2 N–H and O–H groups in total. The maximum atomic E-state index is 10.6. The highest BCUT2D eigenvalue weighted by molar-refractivity contribution is 6.32. The number of carboxylic acids is 1. The van der Waals surface area contributed by atoms with Crippen molar-refractivity contribution in [3.8, 4) is 5.75 Å². The van der Waals surface area contributed by atoms with Gasteiger partial charge in [0.25, 0.3) is 0 Å². The van der Waals surface area contributed by atoms with Crippen LogP contribution >= 0.6 is 11.6 Å². The molecule has 0 saturated carbocycles. The zero-order valence-electron chi connectivity index (χ0n) is 13.9. The first-order valence-corrected chi connectivity index (χ1v) is 7.84. The lowest BCUT2D eigenvalue weighted by Gasteiger charge is -2.11. The molecule has 142 valence electrons. The van der Waals surface area contributed by atoms with E-state index >= 15 is 0 Å². The molecule has 0 amide bonds. The molecule has 0 bridgehead atoms. The van der Waals surface area contributed by atoms with Crippen LogP contribution in [0.5, 0.6) is 5.75 Å². The van der Waals surface area contributed by atoms with Gasteiger partial charge in [0.15, 0.2) is 0 Å². The molecule has 2 aromatic carbocycles. The smallest absolute Gasteiger partial charge is 0.490 e. The topological polar surface area (TPSA) is 71.5 Å². The van der Waals surface area contributed by atoms with E-state index in [-0.39, 0.29) is 0 Å². The number of aliphatic carboxylic acids is 1. The summed E-state index contributed by atoms with van der Waals surface area (Å²) in [5.41, 5.74) is 2.79. The zero-order chi connectivity index (χ0) is 20.0. The molecular weight excluding hydrogens is 385 g/mol. The van der Waals surface area contributed by atoms with Crippen molar-refractivity contribution in [1.29, 1.82) is 0 Å². The van der Waals surface area contributed by atoms with E-state index in [2.05, 4.69) is 10.3 Å². The fraction of sp³-hybridized carbons (Fsp3) is 0.111. The highest BCUT2D eigenvalue weighted by atomic mass is 35.5. The summed E-state index contributed by atoms with van der Waals surface area (Å²) in [5.74, 6) is -2.11. The Labute approximate surface area is 157 Å². The number of alkyl halides is 3. The van der Waals surface area contributed by atoms with E-state index in [1.807, 2.05) is 42.5 Å². The van der Waals surface area contributed by atoms with Gasteiger partial charge >= 0.3 is 12.1 Å². The van der Waals surface area contributed by atoms with Crippen LogP contribution in [0.1, 0.15) is 0 Å². The van der Waals surface area contributed by atoms with Gasteiger partial charge in [-0.15, -0.1) is 0 Å². The average Bonchev–Trinajstić information content (AvgIpc) is 2.63. The number of ether oxygens (including phenoxy) is 1. The van der Waals surface area contributed by atoms with Crippen molar-refractivity contribution in [2.24, 2.45) is 0 Å². The summed E-state index contributed by atoms with van der Waals surface area (Å²) >= 11 is 6.03. The molecule has 0 fully saturated rings. The zero-order valence-corrected chi connectivity index (χ0v) is 14.7. The van der Waals surface area contributed by atoms with E-state index < -0.39 is 12.1 Å². The Morgan fingerprint density at radius 1 is 1.19 bits per heavy atom. The van der Waals surface area contributed by atoms with E-state index in [0.717, 1.165) is 22.3 Å². The van der Waals surface area contributed by atoms with Gasteiger partial charge in [-0.2, -0.15) is 13.2 Å².